The Morgan fingerprint density at radius 2 is 1.97 bits per heavy atom. The first kappa shape index (κ1) is 20.9. The molecule has 0 aliphatic rings. The monoisotopic (exact) mass is 411 g/mol. The standard InChI is InChI=1S/C21H25N5O2S/c1-14(27)9-5-3-8-12-17(24-21(28)19-15(2)25-26-29-19)20-22-13-18(23-20)16-10-6-4-7-11-16/h4,6-7,10-11,13,17H,3,5,8-9,12H2,1-2H3,(H,22,23)(H,24,28)/t17-/m0/s1. The van der Waals surface area contributed by atoms with Gasteiger partial charge in [-0.05, 0) is 43.8 Å². The average molecular weight is 412 g/mol. The number of hydrogen-bond donors (Lipinski definition) is 2. The molecule has 1 amide bonds. The normalized spacial score (nSPS) is 11.9. The van der Waals surface area contributed by atoms with Crippen LogP contribution in [0.3, 0.4) is 0 Å². The number of aromatic amines is 1. The van der Waals surface area contributed by atoms with Crippen LogP contribution in [0.5, 0.6) is 0 Å². The molecule has 0 saturated heterocycles. The smallest absolute Gasteiger partial charge is 0.265 e. The lowest BCUT2D eigenvalue weighted by atomic mass is 10.1. The van der Waals surface area contributed by atoms with E-state index >= 15 is 0 Å². The van der Waals surface area contributed by atoms with Gasteiger partial charge in [0, 0.05) is 6.42 Å². The number of Topliss-reactive ketones (excluding diaryl/α,β-unsaturated/α-hetero) is 1. The topological polar surface area (TPSA) is 101 Å². The van der Waals surface area contributed by atoms with Crippen molar-refractivity contribution in [1.29, 1.82) is 0 Å². The number of unbranched alkanes of at least 4 members (excludes halogenated alkanes) is 2. The number of nitrogens with zero attached hydrogens (tertiary/aromatic N) is 3. The zero-order chi connectivity index (χ0) is 20.6. The Morgan fingerprint density at radius 1 is 1.17 bits per heavy atom. The first-order chi connectivity index (χ1) is 14.0. The molecule has 29 heavy (non-hydrogen) atoms. The number of carbonyl (C=O) groups excluding carboxylic acids is 2. The van der Waals surface area contributed by atoms with Crippen molar-refractivity contribution >= 4 is 23.2 Å². The molecular formula is C21H25N5O2S. The molecule has 0 saturated carbocycles. The molecule has 2 N–H and O–H groups in total. The van der Waals surface area contributed by atoms with E-state index in [1.165, 1.54) is 0 Å². The summed E-state index contributed by atoms with van der Waals surface area (Å²) in [5.41, 5.74) is 2.57. The van der Waals surface area contributed by atoms with Crippen LogP contribution in [-0.2, 0) is 4.79 Å². The zero-order valence-corrected chi connectivity index (χ0v) is 17.5. The minimum atomic E-state index is -0.251. The van der Waals surface area contributed by atoms with E-state index in [0.29, 0.717) is 17.0 Å². The highest BCUT2D eigenvalue weighted by Gasteiger charge is 2.21. The van der Waals surface area contributed by atoms with E-state index in [2.05, 4.69) is 24.9 Å². The van der Waals surface area contributed by atoms with Gasteiger partial charge in [0.1, 0.15) is 16.5 Å². The van der Waals surface area contributed by atoms with E-state index in [-0.39, 0.29) is 17.7 Å². The van der Waals surface area contributed by atoms with Crippen LogP contribution in [0.4, 0.5) is 0 Å². The lowest BCUT2D eigenvalue weighted by Gasteiger charge is -2.16. The van der Waals surface area contributed by atoms with Gasteiger partial charge in [-0.1, -0.05) is 47.7 Å². The highest BCUT2D eigenvalue weighted by Crippen LogP contribution is 2.23. The van der Waals surface area contributed by atoms with E-state index in [0.717, 1.165) is 54.3 Å². The number of carbonyl (C=O) groups is 2. The molecule has 0 unspecified atom stereocenters. The number of H-pyrrole nitrogens is 1. The van der Waals surface area contributed by atoms with Crippen LogP contribution in [-0.4, -0.2) is 31.2 Å². The SMILES string of the molecule is CC(=O)CCCCC[C@H](NC(=O)c1snnc1C)c1ncc(-c2ccccc2)[nH]1. The fourth-order valence-electron chi connectivity index (χ4n) is 3.12. The van der Waals surface area contributed by atoms with Gasteiger partial charge in [-0.2, -0.15) is 0 Å². The number of amides is 1. The van der Waals surface area contributed by atoms with Gasteiger partial charge < -0.3 is 15.1 Å². The maximum atomic E-state index is 12.7. The fourth-order valence-corrected chi connectivity index (χ4v) is 3.68. The van der Waals surface area contributed by atoms with Crippen LogP contribution in [0, 0.1) is 6.92 Å². The molecule has 0 bridgehead atoms. The Hall–Kier alpha value is -2.87. The Morgan fingerprint density at radius 3 is 2.66 bits per heavy atom. The third kappa shape index (κ3) is 5.80. The molecule has 152 valence electrons. The molecule has 0 aliphatic carbocycles. The molecular weight excluding hydrogens is 386 g/mol. The molecule has 0 radical (unpaired) electrons. The number of imidazole rings is 1. The van der Waals surface area contributed by atoms with Crippen molar-refractivity contribution in [3.63, 3.8) is 0 Å². The Kier molecular flexibility index (Phi) is 7.24. The van der Waals surface area contributed by atoms with E-state index in [9.17, 15) is 9.59 Å². The molecule has 8 heteroatoms. The van der Waals surface area contributed by atoms with Crippen molar-refractivity contribution in [3.8, 4) is 11.3 Å². The average Bonchev–Trinajstić information content (AvgIpc) is 3.36. The Bertz CT molecular complexity index is 951. The van der Waals surface area contributed by atoms with Gasteiger partial charge in [-0.3, -0.25) is 4.79 Å². The molecule has 0 aliphatic heterocycles. The van der Waals surface area contributed by atoms with Gasteiger partial charge >= 0.3 is 0 Å². The summed E-state index contributed by atoms with van der Waals surface area (Å²) < 4.78 is 3.85. The van der Waals surface area contributed by atoms with Gasteiger partial charge in [0.05, 0.1) is 23.6 Å². The number of aromatic nitrogens is 4. The van der Waals surface area contributed by atoms with Gasteiger partial charge in [0.25, 0.3) is 5.91 Å². The van der Waals surface area contributed by atoms with Crippen LogP contribution in [0.1, 0.15) is 66.3 Å². The molecule has 3 aromatic rings. The predicted octanol–water partition coefficient (Wildman–Crippen LogP) is 4.25. The molecule has 0 spiro atoms. The summed E-state index contributed by atoms with van der Waals surface area (Å²) in [7, 11) is 0. The minimum absolute atomic E-state index is 0.191. The maximum Gasteiger partial charge on any atom is 0.265 e. The summed E-state index contributed by atoms with van der Waals surface area (Å²) in [6.07, 6.45) is 5.80. The van der Waals surface area contributed by atoms with Crippen molar-refractivity contribution in [1.82, 2.24) is 24.9 Å². The lowest BCUT2D eigenvalue weighted by molar-refractivity contribution is -0.117. The molecule has 2 aromatic heterocycles. The van der Waals surface area contributed by atoms with Crippen molar-refractivity contribution in [3.05, 3.63) is 52.9 Å². The number of benzene rings is 1. The van der Waals surface area contributed by atoms with Crippen molar-refractivity contribution in [2.24, 2.45) is 0 Å². The first-order valence-electron chi connectivity index (χ1n) is 9.74. The van der Waals surface area contributed by atoms with Crippen molar-refractivity contribution < 1.29 is 9.59 Å². The summed E-state index contributed by atoms with van der Waals surface area (Å²) >= 11 is 1.09. The molecule has 0 fully saturated rings. The molecule has 7 nitrogen and oxygen atoms in total. The molecule has 2 heterocycles. The van der Waals surface area contributed by atoms with Gasteiger partial charge in [-0.25, -0.2) is 4.98 Å². The van der Waals surface area contributed by atoms with Crippen LogP contribution in [0.15, 0.2) is 36.5 Å². The van der Waals surface area contributed by atoms with Gasteiger partial charge in [0.15, 0.2) is 0 Å². The molecule has 1 atom stereocenters. The van der Waals surface area contributed by atoms with E-state index in [1.54, 1.807) is 20.0 Å². The maximum absolute atomic E-state index is 12.7. The quantitative estimate of drug-likeness (QED) is 0.486. The summed E-state index contributed by atoms with van der Waals surface area (Å²) in [5.74, 6) is 0.740. The number of nitrogens with one attached hydrogen (secondary N) is 2. The van der Waals surface area contributed by atoms with Crippen LogP contribution >= 0.6 is 11.5 Å². The van der Waals surface area contributed by atoms with E-state index < -0.39 is 0 Å². The molecule has 3 rings (SSSR count). The van der Waals surface area contributed by atoms with Crippen LogP contribution in [0.25, 0.3) is 11.3 Å². The first-order valence-corrected chi connectivity index (χ1v) is 10.5. The lowest BCUT2D eigenvalue weighted by Crippen LogP contribution is -2.29. The number of aryl methyl sites for hydroxylation is 1. The highest BCUT2D eigenvalue weighted by molar-refractivity contribution is 7.08. The van der Waals surface area contributed by atoms with Gasteiger partial charge in [0.2, 0.25) is 0 Å². The second-order valence-corrected chi connectivity index (χ2v) is 7.82. The second kappa shape index (κ2) is 10.1. The fraction of sp³-hybridized carbons (Fsp3) is 0.381. The molecule has 1 aromatic carbocycles. The highest BCUT2D eigenvalue weighted by atomic mass is 32.1. The number of hydrogen-bond acceptors (Lipinski definition) is 6. The summed E-state index contributed by atoms with van der Waals surface area (Å²) in [6.45, 7) is 3.39. The summed E-state index contributed by atoms with van der Waals surface area (Å²) in [5, 5.41) is 6.99. The minimum Gasteiger partial charge on any atom is -0.341 e. The van der Waals surface area contributed by atoms with Crippen LogP contribution < -0.4 is 5.32 Å². The zero-order valence-electron chi connectivity index (χ0n) is 16.6. The third-order valence-electron chi connectivity index (χ3n) is 4.70. The summed E-state index contributed by atoms with van der Waals surface area (Å²) in [4.78, 5) is 32.2. The largest absolute Gasteiger partial charge is 0.341 e. The van der Waals surface area contributed by atoms with E-state index in [4.69, 9.17) is 0 Å². The van der Waals surface area contributed by atoms with Crippen molar-refractivity contribution in [2.45, 2.75) is 52.0 Å². The predicted molar refractivity (Wildman–Crippen MR) is 113 cm³/mol. The Balaban J connectivity index is 1.71. The number of ketones is 1. The van der Waals surface area contributed by atoms with Crippen molar-refractivity contribution in [2.75, 3.05) is 0 Å². The number of rotatable bonds is 10. The summed E-state index contributed by atoms with van der Waals surface area (Å²) in [6, 6.07) is 9.69. The van der Waals surface area contributed by atoms with Crippen LogP contribution in [0.2, 0.25) is 0 Å². The van der Waals surface area contributed by atoms with Gasteiger partial charge in [-0.15, -0.1) is 5.10 Å². The Labute approximate surface area is 174 Å². The second-order valence-electron chi connectivity index (χ2n) is 7.06. The third-order valence-corrected chi connectivity index (χ3v) is 5.52. The van der Waals surface area contributed by atoms with E-state index in [1.807, 2.05) is 30.3 Å².